The van der Waals surface area contributed by atoms with Crippen molar-refractivity contribution in [2.24, 2.45) is 5.10 Å². The van der Waals surface area contributed by atoms with Gasteiger partial charge in [0.25, 0.3) is 5.56 Å². The number of nitrogens with zero attached hydrogens (tertiary/aromatic N) is 3. The molecule has 0 amide bonds. The summed E-state index contributed by atoms with van der Waals surface area (Å²) in [5.41, 5.74) is 1.16. The molecular formula is C23H15ClN4O3. The molecule has 7 nitrogen and oxygen atoms in total. The van der Waals surface area contributed by atoms with E-state index in [-0.39, 0.29) is 6.61 Å². The Kier molecular flexibility index (Phi) is 5.65. The van der Waals surface area contributed by atoms with Crippen molar-refractivity contribution in [3.8, 4) is 11.8 Å². The Morgan fingerprint density at radius 2 is 1.87 bits per heavy atom. The molecule has 0 bridgehead atoms. The SMILES string of the molecule is N#Cc1ccccc1COc1ccc(C=Nn2c(=O)[nH]c3ccccc3c2=O)cc1Cl. The molecule has 0 saturated carbocycles. The lowest BCUT2D eigenvalue weighted by molar-refractivity contribution is 0.306. The number of aromatic nitrogens is 2. The third-order valence-electron chi connectivity index (χ3n) is 4.58. The highest BCUT2D eigenvalue weighted by atomic mass is 35.5. The summed E-state index contributed by atoms with van der Waals surface area (Å²) in [4.78, 5) is 27.3. The summed E-state index contributed by atoms with van der Waals surface area (Å²) in [7, 11) is 0. The molecule has 0 spiro atoms. The number of rotatable bonds is 5. The molecule has 0 fully saturated rings. The highest BCUT2D eigenvalue weighted by molar-refractivity contribution is 6.32. The molecule has 0 aliphatic heterocycles. The molecule has 0 radical (unpaired) electrons. The Morgan fingerprint density at radius 3 is 2.68 bits per heavy atom. The van der Waals surface area contributed by atoms with Crippen LogP contribution in [0.3, 0.4) is 0 Å². The number of fused-ring (bicyclic) bond motifs is 1. The van der Waals surface area contributed by atoms with Crippen molar-refractivity contribution in [1.82, 2.24) is 9.66 Å². The van der Waals surface area contributed by atoms with Crippen LogP contribution < -0.4 is 16.0 Å². The van der Waals surface area contributed by atoms with Crippen molar-refractivity contribution in [1.29, 1.82) is 5.26 Å². The van der Waals surface area contributed by atoms with Gasteiger partial charge in [0, 0.05) is 5.56 Å². The molecule has 0 unspecified atom stereocenters. The highest BCUT2D eigenvalue weighted by Gasteiger charge is 2.07. The fraction of sp³-hybridized carbons (Fsp3) is 0.0435. The standard InChI is InChI=1S/C23H15ClN4O3/c24-19-11-15(9-10-21(19)31-14-17-6-2-1-5-16(17)12-25)13-26-28-22(29)18-7-3-4-8-20(18)27-23(28)30/h1-11,13H,14H2,(H,27,30). The van der Waals surface area contributed by atoms with Gasteiger partial charge in [0.05, 0.1) is 33.8 Å². The first-order chi connectivity index (χ1) is 15.1. The second kappa shape index (κ2) is 8.69. The Labute approximate surface area is 181 Å². The van der Waals surface area contributed by atoms with E-state index < -0.39 is 11.2 Å². The van der Waals surface area contributed by atoms with Gasteiger partial charge in [-0.25, -0.2) is 4.79 Å². The highest BCUT2D eigenvalue weighted by Crippen LogP contribution is 2.26. The second-order valence-corrected chi connectivity index (χ2v) is 6.99. The lowest BCUT2D eigenvalue weighted by Gasteiger charge is -2.09. The smallest absolute Gasteiger partial charge is 0.349 e. The molecule has 1 N–H and O–H groups in total. The van der Waals surface area contributed by atoms with Crippen molar-refractivity contribution in [2.75, 3.05) is 0 Å². The fourth-order valence-electron chi connectivity index (χ4n) is 3.01. The molecule has 1 aromatic heterocycles. The van der Waals surface area contributed by atoms with E-state index in [9.17, 15) is 9.59 Å². The first-order valence-corrected chi connectivity index (χ1v) is 9.63. The number of nitrogens with one attached hydrogen (secondary N) is 1. The maximum absolute atomic E-state index is 12.5. The molecular weight excluding hydrogens is 416 g/mol. The summed E-state index contributed by atoms with van der Waals surface area (Å²) in [5, 5.41) is 13.9. The molecule has 0 aliphatic rings. The number of hydrogen-bond donors (Lipinski definition) is 1. The van der Waals surface area contributed by atoms with Gasteiger partial charge in [-0.3, -0.25) is 4.79 Å². The van der Waals surface area contributed by atoms with Gasteiger partial charge in [-0.05, 0) is 42.0 Å². The molecule has 0 saturated heterocycles. The number of H-pyrrole nitrogens is 1. The summed E-state index contributed by atoms with van der Waals surface area (Å²) in [6.07, 6.45) is 1.37. The summed E-state index contributed by atoms with van der Waals surface area (Å²) in [6.45, 7) is 0.193. The summed E-state index contributed by atoms with van der Waals surface area (Å²) >= 11 is 6.30. The molecule has 0 aliphatic carbocycles. The number of halogens is 1. The zero-order chi connectivity index (χ0) is 21.8. The van der Waals surface area contributed by atoms with Gasteiger partial charge in [-0.1, -0.05) is 41.9 Å². The van der Waals surface area contributed by atoms with Crippen molar-refractivity contribution < 1.29 is 4.74 Å². The van der Waals surface area contributed by atoms with Gasteiger partial charge in [-0.15, -0.1) is 4.68 Å². The lowest BCUT2D eigenvalue weighted by atomic mass is 10.1. The first kappa shape index (κ1) is 20.1. The maximum Gasteiger partial charge on any atom is 0.349 e. The Bertz CT molecular complexity index is 1460. The molecule has 0 atom stereocenters. The summed E-state index contributed by atoms with van der Waals surface area (Å²) in [5.74, 6) is 0.437. The van der Waals surface area contributed by atoms with Crippen molar-refractivity contribution in [3.05, 3.63) is 109 Å². The monoisotopic (exact) mass is 430 g/mol. The largest absolute Gasteiger partial charge is 0.487 e. The predicted octanol–water partition coefficient (Wildman–Crippen LogP) is 3.68. The topological polar surface area (TPSA) is 100 Å². The van der Waals surface area contributed by atoms with Crippen molar-refractivity contribution >= 4 is 28.7 Å². The predicted molar refractivity (Wildman–Crippen MR) is 119 cm³/mol. The Balaban J connectivity index is 1.56. The molecule has 1 heterocycles. The van der Waals surface area contributed by atoms with Gasteiger partial charge < -0.3 is 9.72 Å². The molecule has 4 rings (SSSR count). The minimum Gasteiger partial charge on any atom is -0.487 e. The van der Waals surface area contributed by atoms with Crippen LogP contribution in [0.15, 0.2) is 81.4 Å². The quantitative estimate of drug-likeness (QED) is 0.488. The Morgan fingerprint density at radius 1 is 1.10 bits per heavy atom. The Hall–Kier alpha value is -4.15. The summed E-state index contributed by atoms with van der Waals surface area (Å²) < 4.78 is 6.50. The number of para-hydroxylation sites is 1. The molecule has 3 aromatic carbocycles. The molecule has 31 heavy (non-hydrogen) atoms. The van der Waals surface area contributed by atoms with Crippen LogP contribution in [-0.2, 0) is 6.61 Å². The minimum atomic E-state index is -0.637. The number of benzene rings is 3. The van der Waals surface area contributed by atoms with Gasteiger partial charge in [0.15, 0.2) is 0 Å². The van der Waals surface area contributed by atoms with Gasteiger partial charge in [0.1, 0.15) is 12.4 Å². The van der Waals surface area contributed by atoms with Gasteiger partial charge in [-0.2, -0.15) is 10.4 Å². The fourth-order valence-corrected chi connectivity index (χ4v) is 3.25. The normalized spacial score (nSPS) is 11.0. The van der Waals surface area contributed by atoms with Crippen LogP contribution in [0.2, 0.25) is 5.02 Å². The van der Waals surface area contributed by atoms with Crippen LogP contribution in [-0.4, -0.2) is 15.9 Å². The van der Waals surface area contributed by atoms with Crippen LogP contribution in [0.5, 0.6) is 5.75 Å². The van der Waals surface area contributed by atoms with Crippen LogP contribution in [0.4, 0.5) is 0 Å². The second-order valence-electron chi connectivity index (χ2n) is 6.58. The van der Waals surface area contributed by atoms with Gasteiger partial charge in [0.2, 0.25) is 0 Å². The number of nitriles is 1. The third kappa shape index (κ3) is 4.25. The minimum absolute atomic E-state index is 0.193. The van der Waals surface area contributed by atoms with Crippen LogP contribution in [0.25, 0.3) is 10.9 Å². The summed E-state index contributed by atoms with van der Waals surface area (Å²) in [6, 6.07) is 20.9. The van der Waals surface area contributed by atoms with Gasteiger partial charge >= 0.3 is 5.69 Å². The number of ether oxygens (including phenoxy) is 1. The van der Waals surface area contributed by atoms with E-state index in [0.29, 0.717) is 32.8 Å². The van der Waals surface area contributed by atoms with Crippen molar-refractivity contribution in [3.63, 3.8) is 0 Å². The van der Waals surface area contributed by atoms with E-state index in [4.69, 9.17) is 21.6 Å². The number of aromatic amines is 1. The van der Waals surface area contributed by atoms with Crippen LogP contribution in [0.1, 0.15) is 16.7 Å². The van der Waals surface area contributed by atoms with Crippen LogP contribution >= 0.6 is 11.6 Å². The molecule has 152 valence electrons. The van der Waals surface area contributed by atoms with Crippen LogP contribution in [0, 0.1) is 11.3 Å². The third-order valence-corrected chi connectivity index (χ3v) is 4.88. The lowest BCUT2D eigenvalue weighted by Crippen LogP contribution is -2.32. The van der Waals surface area contributed by atoms with E-state index in [2.05, 4.69) is 16.2 Å². The first-order valence-electron chi connectivity index (χ1n) is 9.25. The van der Waals surface area contributed by atoms with E-state index >= 15 is 0 Å². The van der Waals surface area contributed by atoms with E-state index in [1.54, 1.807) is 54.6 Å². The van der Waals surface area contributed by atoms with E-state index in [1.165, 1.54) is 6.21 Å². The van der Waals surface area contributed by atoms with E-state index in [0.717, 1.165) is 10.2 Å². The number of hydrogen-bond acceptors (Lipinski definition) is 5. The molecule has 8 heteroatoms. The van der Waals surface area contributed by atoms with Crippen molar-refractivity contribution in [2.45, 2.75) is 6.61 Å². The zero-order valence-corrected chi connectivity index (χ0v) is 16.8. The van der Waals surface area contributed by atoms with E-state index in [1.807, 2.05) is 12.1 Å². The molecule has 4 aromatic rings. The zero-order valence-electron chi connectivity index (χ0n) is 16.1. The average Bonchev–Trinajstić information content (AvgIpc) is 2.78. The maximum atomic E-state index is 12.5. The average molecular weight is 431 g/mol.